The molecule has 0 atom stereocenters. The Kier molecular flexibility index (Phi) is 3.71. The van der Waals surface area contributed by atoms with E-state index in [1.807, 2.05) is 30.3 Å². The van der Waals surface area contributed by atoms with E-state index in [1.54, 1.807) is 30.3 Å². The van der Waals surface area contributed by atoms with Crippen LogP contribution in [0.15, 0.2) is 69.9 Å². The van der Waals surface area contributed by atoms with Crippen molar-refractivity contribution < 1.29 is 4.42 Å². The minimum absolute atomic E-state index is 0.0787. The van der Waals surface area contributed by atoms with E-state index in [-0.39, 0.29) is 5.95 Å². The Labute approximate surface area is 147 Å². The molecule has 2 aromatic carbocycles. The maximum atomic E-state index is 12.4. The van der Waals surface area contributed by atoms with Crippen LogP contribution in [-0.2, 0) is 0 Å². The summed E-state index contributed by atoms with van der Waals surface area (Å²) in [4.78, 5) is 20.8. The fourth-order valence-electron chi connectivity index (χ4n) is 2.61. The van der Waals surface area contributed by atoms with Gasteiger partial charge in [0.2, 0.25) is 5.95 Å². The number of nitrogens with two attached hydrogens (primary N) is 1. The fraction of sp³-hybridized carbons (Fsp3) is 0. The molecule has 25 heavy (non-hydrogen) atoms. The minimum Gasteiger partial charge on any atom is -0.422 e. The lowest BCUT2D eigenvalue weighted by atomic mass is 10.1. The van der Waals surface area contributed by atoms with Crippen LogP contribution >= 0.6 is 11.6 Å². The molecule has 122 valence electrons. The largest absolute Gasteiger partial charge is 0.422 e. The maximum absolute atomic E-state index is 12.4. The number of para-hydroxylation sites is 1. The first-order valence-electron chi connectivity index (χ1n) is 7.54. The lowest BCUT2D eigenvalue weighted by Gasteiger charge is -2.06. The van der Waals surface area contributed by atoms with Crippen LogP contribution in [0.4, 0.5) is 5.95 Å². The number of halogens is 1. The SMILES string of the molecule is Nc1nc(-c2ccc(Cl)cc2)cc(-c2cc3ccccc3oc2=O)n1. The fourth-order valence-corrected chi connectivity index (χ4v) is 2.74. The normalized spacial score (nSPS) is 10.9. The van der Waals surface area contributed by atoms with Gasteiger partial charge in [0.25, 0.3) is 0 Å². The Morgan fingerprint density at radius 2 is 1.64 bits per heavy atom. The molecule has 0 bridgehead atoms. The van der Waals surface area contributed by atoms with Crippen molar-refractivity contribution in [2.24, 2.45) is 0 Å². The van der Waals surface area contributed by atoms with Gasteiger partial charge in [0.15, 0.2) is 0 Å². The summed E-state index contributed by atoms with van der Waals surface area (Å²) in [6.07, 6.45) is 0. The maximum Gasteiger partial charge on any atom is 0.345 e. The highest BCUT2D eigenvalue weighted by atomic mass is 35.5. The van der Waals surface area contributed by atoms with Crippen molar-refractivity contribution in [2.45, 2.75) is 0 Å². The first kappa shape index (κ1) is 15.4. The zero-order valence-corrected chi connectivity index (χ0v) is 13.7. The van der Waals surface area contributed by atoms with E-state index in [9.17, 15) is 4.79 Å². The van der Waals surface area contributed by atoms with Crippen LogP contribution in [0.25, 0.3) is 33.5 Å². The van der Waals surface area contributed by atoms with Crippen molar-refractivity contribution in [3.05, 3.63) is 76.1 Å². The Balaban J connectivity index is 1.90. The highest BCUT2D eigenvalue weighted by Gasteiger charge is 2.12. The van der Waals surface area contributed by atoms with Gasteiger partial charge in [0, 0.05) is 16.0 Å². The summed E-state index contributed by atoms with van der Waals surface area (Å²) in [6.45, 7) is 0. The van der Waals surface area contributed by atoms with E-state index < -0.39 is 5.63 Å². The number of nitrogens with zero attached hydrogens (tertiary/aromatic N) is 2. The topological polar surface area (TPSA) is 82.0 Å². The summed E-state index contributed by atoms with van der Waals surface area (Å²) in [7, 11) is 0. The Hall–Kier alpha value is -3.18. The summed E-state index contributed by atoms with van der Waals surface area (Å²) in [6, 6.07) is 17.9. The van der Waals surface area contributed by atoms with Crippen molar-refractivity contribution in [3.8, 4) is 22.5 Å². The highest BCUT2D eigenvalue weighted by molar-refractivity contribution is 6.30. The molecular weight excluding hydrogens is 338 g/mol. The van der Waals surface area contributed by atoms with Gasteiger partial charge in [0.1, 0.15) is 5.58 Å². The van der Waals surface area contributed by atoms with Gasteiger partial charge in [-0.1, -0.05) is 41.9 Å². The Morgan fingerprint density at radius 3 is 2.44 bits per heavy atom. The average Bonchev–Trinajstić information content (AvgIpc) is 2.61. The second-order valence-electron chi connectivity index (χ2n) is 5.49. The van der Waals surface area contributed by atoms with Crippen molar-refractivity contribution in [1.82, 2.24) is 9.97 Å². The molecule has 0 aliphatic heterocycles. The lowest BCUT2D eigenvalue weighted by Crippen LogP contribution is -2.06. The molecule has 2 heterocycles. The number of benzene rings is 2. The Morgan fingerprint density at radius 1 is 0.920 bits per heavy atom. The first-order valence-corrected chi connectivity index (χ1v) is 7.92. The van der Waals surface area contributed by atoms with Crippen molar-refractivity contribution >= 4 is 28.5 Å². The number of aromatic nitrogens is 2. The molecule has 0 amide bonds. The van der Waals surface area contributed by atoms with Crippen LogP contribution in [0.3, 0.4) is 0 Å². The van der Waals surface area contributed by atoms with Gasteiger partial charge in [-0.25, -0.2) is 14.8 Å². The number of hydrogen-bond donors (Lipinski definition) is 1. The smallest absolute Gasteiger partial charge is 0.345 e. The average molecular weight is 350 g/mol. The van der Waals surface area contributed by atoms with E-state index in [0.29, 0.717) is 27.6 Å². The lowest BCUT2D eigenvalue weighted by molar-refractivity contribution is 0.563. The number of anilines is 1. The number of hydrogen-bond acceptors (Lipinski definition) is 5. The monoisotopic (exact) mass is 349 g/mol. The summed E-state index contributed by atoms with van der Waals surface area (Å²) in [5, 5.41) is 1.43. The molecule has 0 aliphatic rings. The van der Waals surface area contributed by atoms with Crippen molar-refractivity contribution in [2.75, 3.05) is 5.73 Å². The minimum atomic E-state index is -0.473. The van der Waals surface area contributed by atoms with E-state index in [1.165, 1.54) is 0 Å². The van der Waals surface area contributed by atoms with Crippen LogP contribution < -0.4 is 11.4 Å². The summed E-state index contributed by atoms with van der Waals surface area (Å²) < 4.78 is 5.37. The molecule has 0 saturated carbocycles. The zero-order valence-electron chi connectivity index (χ0n) is 12.9. The second kappa shape index (κ2) is 6.03. The molecule has 4 rings (SSSR count). The quantitative estimate of drug-likeness (QED) is 0.550. The molecule has 0 saturated heterocycles. The van der Waals surface area contributed by atoms with Gasteiger partial charge in [-0.2, -0.15) is 0 Å². The van der Waals surface area contributed by atoms with E-state index in [0.717, 1.165) is 10.9 Å². The molecule has 0 fully saturated rings. The number of fused-ring (bicyclic) bond motifs is 1. The molecule has 5 nitrogen and oxygen atoms in total. The van der Waals surface area contributed by atoms with Crippen LogP contribution in [0.1, 0.15) is 0 Å². The third-order valence-electron chi connectivity index (χ3n) is 3.80. The molecule has 2 aromatic heterocycles. The van der Waals surface area contributed by atoms with Crippen LogP contribution in [0.5, 0.6) is 0 Å². The van der Waals surface area contributed by atoms with Crippen LogP contribution in [0.2, 0.25) is 5.02 Å². The summed E-state index contributed by atoms with van der Waals surface area (Å²) in [5.74, 6) is 0.0787. The van der Waals surface area contributed by atoms with Gasteiger partial charge in [-0.3, -0.25) is 0 Å². The standard InChI is InChI=1S/C19H12ClN3O2/c20-13-7-5-11(6-8-13)15-10-16(23-19(21)22-15)14-9-12-3-1-2-4-17(12)25-18(14)24/h1-10H,(H2,21,22,23). The molecule has 4 aromatic rings. The molecule has 0 unspecified atom stereocenters. The van der Waals surface area contributed by atoms with E-state index >= 15 is 0 Å². The number of rotatable bonds is 2. The molecular formula is C19H12ClN3O2. The first-order chi connectivity index (χ1) is 12.1. The molecule has 6 heteroatoms. The zero-order chi connectivity index (χ0) is 17.4. The molecule has 2 N–H and O–H groups in total. The van der Waals surface area contributed by atoms with Gasteiger partial charge < -0.3 is 10.2 Å². The number of nitrogen functional groups attached to an aromatic ring is 1. The summed E-state index contributed by atoms with van der Waals surface area (Å²) in [5.41, 5.74) is 8.07. The van der Waals surface area contributed by atoms with Crippen molar-refractivity contribution in [1.29, 1.82) is 0 Å². The summed E-state index contributed by atoms with van der Waals surface area (Å²) >= 11 is 5.92. The van der Waals surface area contributed by atoms with Gasteiger partial charge in [-0.15, -0.1) is 0 Å². The predicted octanol–water partition coefficient (Wildman–Crippen LogP) is 4.15. The van der Waals surface area contributed by atoms with E-state index in [2.05, 4.69) is 9.97 Å². The molecule has 0 aliphatic carbocycles. The second-order valence-corrected chi connectivity index (χ2v) is 5.93. The van der Waals surface area contributed by atoms with E-state index in [4.69, 9.17) is 21.8 Å². The van der Waals surface area contributed by atoms with Gasteiger partial charge in [-0.05, 0) is 30.3 Å². The molecule has 0 radical (unpaired) electrons. The van der Waals surface area contributed by atoms with Gasteiger partial charge in [0.05, 0.1) is 17.0 Å². The highest BCUT2D eigenvalue weighted by Crippen LogP contribution is 2.25. The third-order valence-corrected chi connectivity index (χ3v) is 4.05. The van der Waals surface area contributed by atoms with Crippen molar-refractivity contribution in [3.63, 3.8) is 0 Å². The van der Waals surface area contributed by atoms with Crippen LogP contribution in [-0.4, -0.2) is 9.97 Å². The third kappa shape index (κ3) is 2.97. The van der Waals surface area contributed by atoms with Gasteiger partial charge >= 0.3 is 5.63 Å². The molecule has 0 spiro atoms. The predicted molar refractivity (Wildman–Crippen MR) is 98.4 cm³/mol. The Bertz CT molecular complexity index is 1140. The van der Waals surface area contributed by atoms with Crippen LogP contribution in [0, 0.1) is 0 Å².